The number of halogens is 4. The highest BCUT2D eigenvalue weighted by molar-refractivity contribution is 5.97. The van der Waals surface area contributed by atoms with Crippen LogP contribution in [0.25, 0.3) is 0 Å². The number of hydrogen-bond donors (Lipinski definition) is 1. The van der Waals surface area contributed by atoms with Crippen molar-refractivity contribution in [2.45, 2.75) is 32.9 Å². The number of rotatable bonds is 3. The SMILES string of the molecule is CC1(C)CN(C(=O)c2ccc(F)cc2OC(F)F)CCC1N.Cl. The first kappa shape index (κ1) is 19.6. The van der Waals surface area contributed by atoms with Crippen LogP contribution in [0.3, 0.4) is 0 Å². The highest BCUT2D eigenvalue weighted by atomic mass is 35.5. The zero-order valence-corrected chi connectivity index (χ0v) is 13.7. The van der Waals surface area contributed by atoms with Crippen LogP contribution in [0.5, 0.6) is 5.75 Å². The van der Waals surface area contributed by atoms with E-state index >= 15 is 0 Å². The molecular weight excluding hydrogens is 333 g/mol. The molecule has 0 aromatic heterocycles. The molecule has 1 aliphatic rings. The van der Waals surface area contributed by atoms with Crippen LogP contribution in [0.15, 0.2) is 18.2 Å². The first-order valence-electron chi connectivity index (χ1n) is 7.00. The van der Waals surface area contributed by atoms with Crippen molar-refractivity contribution in [1.29, 1.82) is 0 Å². The van der Waals surface area contributed by atoms with E-state index in [1.165, 1.54) is 4.90 Å². The minimum Gasteiger partial charge on any atom is -0.434 e. The maximum atomic E-state index is 13.2. The lowest BCUT2D eigenvalue weighted by molar-refractivity contribution is -0.0505. The van der Waals surface area contributed by atoms with Gasteiger partial charge < -0.3 is 15.4 Å². The number of carbonyl (C=O) groups is 1. The van der Waals surface area contributed by atoms with E-state index in [9.17, 15) is 18.0 Å². The fraction of sp³-hybridized carbons (Fsp3) is 0.533. The summed E-state index contributed by atoms with van der Waals surface area (Å²) < 4.78 is 42.3. The fourth-order valence-corrected chi connectivity index (χ4v) is 2.58. The first-order valence-corrected chi connectivity index (χ1v) is 7.00. The van der Waals surface area contributed by atoms with Gasteiger partial charge in [0.05, 0.1) is 5.56 Å². The fourth-order valence-electron chi connectivity index (χ4n) is 2.58. The van der Waals surface area contributed by atoms with Gasteiger partial charge in [0.1, 0.15) is 11.6 Å². The molecule has 0 radical (unpaired) electrons. The van der Waals surface area contributed by atoms with Crippen molar-refractivity contribution < 1.29 is 22.7 Å². The summed E-state index contributed by atoms with van der Waals surface area (Å²) in [5.41, 5.74) is 5.66. The number of benzene rings is 1. The molecule has 1 atom stereocenters. The molecule has 1 saturated heterocycles. The van der Waals surface area contributed by atoms with Crippen molar-refractivity contribution in [3.05, 3.63) is 29.6 Å². The third-order valence-electron chi connectivity index (χ3n) is 3.99. The van der Waals surface area contributed by atoms with Crippen molar-refractivity contribution in [2.24, 2.45) is 11.1 Å². The lowest BCUT2D eigenvalue weighted by atomic mass is 9.79. The summed E-state index contributed by atoms with van der Waals surface area (Å²) in [4.78, 5) is 14.1. The molecule has 130 valence electrons. The molecule has 23 heavy (non-hydrogen) atoms. The highest BCUT2D eigenvalue weighted by Gasteiger charge is 2.36. The Hall–Kier alpha value is -1.47. The van der Waals surface area contributed by atoms with Crippen LogP contribution in [0.1, 0.15) is 30.6 Å². The maximum Gasteiger partial charge on any atom is 0.387 e. The van der Waals surface area contributed by atoms with Crippen molar-refractivity contribution in [1.82, 2.24) is 4.90 Å². The van der Waals surface area contributed by atoms with E-state index in [2.05, 4.69) is 4.74 Å². The van der Waals surface area contributed by atoms with Crippen LogP contribution in [-0.2, 0) is 0 Å². The Kier molecular flexibility index (Phi) is 6.30. The molecule has 2 N–H and O–H groups in total. The number of alkyl halides is 2. The number of amides is 1. The second kappa shape index (κ2) is 7.40. The summed E-state index contributed by atoms with van der Waals surface area (Å²) >= 11 is 0. The molecule has 1 aromatic rings. The predicted octanol–water partition coefficient (Wildman–Crippen LogP) is 3.05. The van der Waals surface area contributed by atoms with Gasteiger partial charge in [-0.05, 0) is 24.0 Å². The number of nitrogens with two attached hydrogens (primary N) is 1. The van der Waals surface area contributed by atoms with Gasteiger partial charge in [0.25, 0.3) is 5.91 Å². The Labute approximate surface area is 139 Å². The lowest BCUT2D eigenvalue weighted by Crippen LogP contribution is -2.54. The minimum atomic E-state index is -3.13. The molecule has 0 aliphatic carbocycles. The third-order valence-corrected chi connectivity index (χ3v) is 3.99. The van der Waals surface area contributed by atoms with Gasteiger partial charge in [-0.15, -0.1) is 12.4 Å². The summed E-state index contributed by atoms with van der Waals surface area (Å²) in [7, 11) is 0. The quantitative estimate of drug-likeness (QED) is 0.909. The molecule has 1 amide bonds. The van der Waals surface area contributed by atoms with E-state index in [0.29, 0.717) is 19.5 Å². The van der Waals surface area contributed by atoms with Gasteiger partial charge >= 0.3 is 6.61 Å². The Bertz CT molecular complexity index is 570. The molecule has 2 rings (SSSR count). The van der Waals surface area contributed by atoms with Gasteiger partial charge in [-0.1, -0.05) is 13.8 Å². The van der Waals surface area contributed by atoms with E-state index < -0.39 is 24.1 Å². The first-order chi connectivity index (χ1) is 10.2. The summed E-state index contributed by atoms with van der Waals surface area (Å²) in [6, 6.07) is 2.96. The molecule has 4 nitrogen and oxygen atoms in total. The zero-order chi connectivity index (χ0) is 16.5. The maximum absolute atomic E-state index is 13.2. The molecule has 8 heteroatoms. The second-order valence-electron chi connectivity index (χ2n) is 6.13. The van der Waals surface area contributed by atoms with Crippen LogP contribution in [0.4, 0.5) is 13.2 Å². The van der Waals surface area contributed by atoms with E-state index in [1.54, 1.807) is 0 Å². The topological polar surface area (TPSA) is 55.6 Å². The second-order valence-corrected chi connectivity index (χ2v) is 6.13. The number of carbonyl (C=O) groups excluding carboxylic acids is 1. The molecule has 1 unspecified atom stereocenters. The van der Waals surface area contributed by atoms with Gasteiger partial charge in [0.2, 0.25) is 0 Å². The Morgan fingerprint density at radius 1 is 1.43 bits per heavy atom. The van der Waals surface area contributed by atoms with Crippen molar-refractivity contribution in [3.63, 3.8) is 0 Å². The lowest BCUT2D eigenvalue weighted by Gasteiger charge is -2.42. The Balaban J connectivity index is 0.00000264. The van der Waals surface area contributed by atoms with Crippen LogP contribution in [0.2, 0.25) is 0 Å². The summed E-state index contributed by atoms with van der Waals surface area (Å²) in [6.07, 6.45) is 0.616. The molecule has 0 spiro atoms. The van der Waals surface area contributed by atoms with E-state index in [4.69, 9.17) is 5.73 Å². The van der Waals surface area contributed by atoms with Gasteiger partial charge in [-0.25, -0.2) is 4.39 Å². The number of nitrogens with zero attached hydrogens (tertiary/aromatic N) is 1. The molecule has 0 saturated carbocycles. The predicted molar refractivity (Wildman–Crippen MR) is 82.6 cm³/mol. The van der Waals surface area contributed by atoms with E-state index in [-0.39, 0.29) is 29.4 Å². The van der Waals surface area contributed by atoms with Gasteiger partial charge in [0, 0.05) is 25.2 Å². The summed E-state index contributed by atoms with van der Waals surface area (Å²) in [5, 5.41) is 0. The Morgan fingerprint density at radius 3 is 2.65 bits per heavy atom. The van der Waals surface area contributed by atoms with Crippen LogP contribution >= 0.6 is 12.4 Å². The molecular formula is C15H20ClF3N2O2. The number of likely N-dealkylation sites (tertiary alicyclic amines) is 1. The molecule has 1 fully saturated rings. The third kappa shape index (κ3) is 4.51. The van der Waals surface area contributed by atoms with Crippen molar-refractivity contribution in [2.75, 3.05) is 13.1 Å². The standard InChI is InChI=1S/C15H19F3N2O2.ClH/c1-15(2)8-20(6-5-12(15)19)13(21)10-4-3-9(16)7-11(10)22-14(17)18;/h3-4,7,12,14H,5-6,8,19H2,1-2H3;1H. The van der Waals surface area contributed by atoms with Crippen molar-refractivity contribution in [3.8, 4) is 5.75 Å². The average Bonchev–Trinajstić information content (AvgIpc) is 2.40. The summed E-state index contributed by atoms with van der Waals surface area (Å²) in [6.45, 7) is 1.59. The Morgan fingerprint density at radius 2 is 2.09 bits per heavy atom. The molecule has 1 aromatic carbocycles. The van der Waals surface area contributed by atoms with E-state index in [0.717, 1.165) is 18.2 Å². The number of hydrogen-bond acceptors (Lipinski definition) is 3. The average molecular weight is 353 g/mol. The number of ether oxygens (including phenoxy) is 1. The van der Waals surface area contributed by atoms with Crippen LogP contribution in [0, 0.1) is 11.2 Å². The zero-order valence-electron chi connectivity index (χ0n) is 12.9. The normalized spacial score (nSPS) is 20.1. The van der Waals surface area contributed by atoms with Gasteiger partial charge in [-0.2, -0.15) is 8.78 Å². The molecule has 0 bridgehead atoms. The monoisotopic (exact) mass is 352 g/mol. The largest absolute Gasteiger partial charge is 0.434 e. The number of piperidine rings is 1. The van der Waals surface area contributed by atoms with Crippen LogP contribution in [-0.4, -0.2) is 36.5 Å². The van der Waals surface area contributed by atoms with Gasteiger partial charge in [-0.3, -0.25) is 4.79 Å². The highest BCUT2D eigenvalue weighted by Crippen LogP contribution is 2.30. The molecule has 1 heterocycles. The van der Waals surface area contributed by atoms with E-state index in [1.807, 2.05) is 13.8 Å². The minimum absolute atomic E-state index is 0. The molecule has 1 aliphatic heterocycles. The summed E-state index contributed by atoms with van der Waals surface area (Å²) in [5.74, 6) is -1.66. The van der Waals surface area contributed by atoms with Gasteiger partial charge in [0.15, 0.2) is 0 Å². The smallest absolute Gasteiger partial charge is 0.387 e. The van der Waals surface area contributed by atoms with Crippen LogP contribution < -0.4 is 10.5 Å². The van der Waals surface area contributed by atoms with Crippen molar-refractivity contribution >= 4 is 18.3 Å².